The molecule has 3 N–H and O–H groups in total. The molecule has 0 aromatic carbocycles. The van der Waals surface area contributed by atoms with E-state index < -0.39 is 0 Å². The number of nitrogens with one attached hydrogen (secondary N) is 1. The molecule has 0 spiro atoms. The van der Waals surface area contributed by atoms with Gasteiger partial charge in [0.15, 0.2) is 5.13 Å². The summed E-state index contributed by atoms with van der Waals surface area (Å²) in [5.74, 6) is 1.51. The largest absolute Gasteiger partial charge is 0.369 e. The van der Waals surface area contributed by atoms with E-state index in [9.17, 15) is 4.79 Å². The SMILES string of the molecule is Cc1cc(Nc2nc(C)c(C)s2)nc(C2CCN(CC(N)=O)C2)n1. The molecule has 1 aliphatic rings. The zero-order valence-electron chi connectivity index (χ0n) is 14.2. The summed E-state index contributed by atoms with van der Waals surface area (Å²) in [5, 5.41) is 4.13. The molecule has 7 nitrogen and oxygen atoms in total. The molecule has 0 saturated carbocycles. The zero-order valence-corrected chi connectivity index (χ0v) is 15.0. The van der Waals surface area contributed by atoms with Crippen LogP contribution in [0.5, 0.6) is 0 Å². The van der Waals surface area contributed by atoms with Crippen LogP contribution in [0.3, 0.4) is 0 Å². The Morgan fingerprint density at radius 2 is 2.17 bits per heavy atom. The van der Waals surface area contributed by atoms with Crippen LogP contribution in [0.1, 0.15) is 34.4 Å². The van der Waals surface area contributed by atoms with Gasteiger partial charge in [-0.1, -0.05) is 0 Å². The fourth-order valence-electron chi connectivity index (χ4n) is 2.88. The molecule has 8 heteroatoms. The van der Waals surface area contributed by atoms with E-state index in [1.54, 1.807) is 11.3 Å². The molecule has 0 aliphatic carbocycles. The predicted octanol–water partition coefficient (Wildman–Crippen LogP) is 1.88. The number of rotatable bonds is 5. The maximum absolute atomic E-state index is 11.1. The van der Waals surface area contributed by atoms with Crippen molar-refractivity contribution in [3.8, 4) is 0 Å². The van der Waals surface area contributed by atoms with Crippen molar-refractivity contribution in [2.75, 3.05) is 25.0 Å². The van der Waals surface area contributed by atoms with E-state index in [1.807, 2.05) is 19.9 Å². The van der Waals surface area contributed by atoms with Crippen molar-refractivity contribution in [3.63, 3.8) is 0 Å². The van der Waals surface area contributed by atoms with Gasteiger partial charge in [0, 0.05) is 29.1 Å². The van der Waals surface area contributed by atoms with Crippen LogP contribution < -0.4 is 11.1 Å². The van der Waals surface area contributed by atoms with Crippen LogP contribution in [-0.4, -0.2) is 45.4 Å². The van der Waals surface area contributed by atoms with Crippen molar-refractivity contribution < 1.29 is 4.79 Å². The Bertz CT molecular complexity index is 740. The lowest BCUT2D eigenvalue weighted by Crippen LogP contribution is -2.32. The average molecular weight is 346 g/mol. The third-order valence-corrected chi connectivity index (χ3v) is 5.14. The van der Waals surface area contributed by atoms with Crippen LogP contribution >= 0.6 is 11.3 Å². The van der Waals surface area contributed by atoms with Gasteiger partial charge in [0.25, 0.3) is 0 Å². The quantitative estimate of drug-likeness (QED) is 0.858. The van der Waals surface area contributed by atoms with Gasteiger partial charge in [-0.05, 0) is 33.7 Å². The molecule has 2 aromatic rings. The topological polar surface area (TPSA) is 97.0 Å². The first kappa shape index (κ1) is 16.8. The first-order valence-electron chi connectivity index (χ1n) is 7.98. The Morgan fingerprint density at radius 1 is 1.38 bits per heavy atom. The number of nitrogens with two attached hydrogens (primary N) is 1. The molecular formula is C16H22N6OS. The Morgan fingerprint density at radius 3 is 2.83 bits per heavy atom. The number of amides is 1. The van der Waals surface area contributed by atoms with Gasteiger partial charge < -0.3 is 11.1 Å². The van der Waals surface area contributed by atoms with E-state index in [1.165, 1.54) is 4.88 Å². The van der Waals surface area contributed by atoms with Gasteiger partial charge in [-0.25, -0.2) is 15.0 Å². The van der Waals surface area contributed by atoms with E-state index in [4.69, 9.17) is 5.73 Å². The molecule has 3 heterocycles. The molecule has 1 fully saturated rings. The molecule has 1 unspecified atom stereocenters. The van der Waals surface area contributed by atoms with Crippen molar-refractivity contribution in [3.05, 3.63) is 28.2 Å². The average Bonchev–Trinajstić information content (AvgIpc) is 3.05. The van der Waals surface area contributed by atoms with Gasteiger partial charge in [-0.2, -0.15) is 0 Å². The summed E-state index contributed by atoms with van der Waals surface area (Å²) in [5.41, 5.74) is 7.23. The highest BCUT2D eigenvalue weighted by Gasteiger charge is 2.27. The summed E-state index contributed by atoms with van der Waals surface area (Å²) in [6.45, 7) is 7.93. The van der Waals surface area contributed by atoms with Gasteiger partial charge in [0.05, 0.1) is 12.2 Å². The number of carbonyl (C=O) groups excluding carboxylic acids is 1. The number of nitrogens with zero attached hydrogens (tertiary/aromatic N) is 4. The van der Waals surface area contributed by atoms with Gasteiger partial charge in [-0.3, -0.25) is 9.69 Å². The van der Waals surface area contributed by atoms with Crippen molar-refractivity contribution in [1.82, 2.24) is 19.9 Å². The molecule has 1 saturated heterocycles. The maximum Gasteiger partial charge on any atom is 0.231 e. The van der Waals surface area contributed by atoms with Crippen molar-refractivity contribution >= 4 is 28.2 Å². The minimum Gasteiger partial charge on any atom is -0.369 e. The van der Waals surface area contributed by atoms with Crippen LogP contribution in [0, 0.1) is 20.8 Å². The van der Waals surface area contributed by atoms with E-state index in [-0.39, 0.29) is 11.8 Å². The number of anilines is 2. The number of likely N-dealkylation sites (tertiary alicyclic amines) is 1. The summed E-state index contributed by atoms with van der Waals surface area (Å²) in [6.07, 6.45) is 0.936. The first-order chi connectivity index (χ1) is 11.4. The summed E-state index contributed by atoms with van der Waals surface area (Å²) in [6, 6.07) is 1.92. The molecule has 128 valence electrons. The zero-order chi connectivity index (χ0) is 17.3. The number of hydrogen-bond donors (Lipinski definition) is 2. The maximum atomic E-state index is 11.1. The fourth-order valence-corrected chi connectivity index (χ4v) is 3.70. The lowest BCUT2D eigenvalue weighted by atomic mass is 10.1. The van der Waals surface area contributed by atoms with E-state index in [2.05, 4.69) is 32.1 Å². The number of aromatic nitrogens is 3. The highest BCUT2D eigenvalue weighted by atomic mass is 32.1. The monoisotopic (exact) mass is 346 g/mol. The third kappa shape index (κ3) is 3.88. The van der Waals surface area contributed by atoms with E-state index in [0.29, 0.717) is 6.54 Å². The molecule has 3 rings (SSSR count). The van der Waals surface area contributed by atoms with Gasteiger partial charge >= 0.3 is 0 Å². The van der Waals surface area contributed by atoms with Crippen molar-refractivity contribution in [2.45, 2.75) is 33.1 Å². The van der Waals surface area contributed by atoms with Crippen molar-refractivity contribution in [1.29, 1.82) is 0 Å². The summed E-state index contributed by atoms with van der Waals surface area (Å²) < 4.78 is 0. The van der Waals surface area contributed by atoms with Crippen LogP contribution in [0.25, 0.3) is 0 Å². The first-order valence-corrected chi connectivity index (χ1v) is 8.79. The molecule has 0 radical (unpaired) electrons. The Labute approximate surface area is 145 Å². The van der Waals surface area contributed by atoms with Crippen LogP contribution in [0.2, 0.25) is 0 Å². The second-order valence-electron chi connectivity index (χ2n) is 6.23. The minimum absolute atomic E-state index is 0.226. The Hall–Kier alpha value is -2.06. The minimum atomic E-state index is -0.294. The molecule has 1 aliphatic heterocycles. The highest BCUT2D eigenvalue weighted by Crippen LogP contribution is 2.28. The fraction of sp³-hybridized carbons (Fsp3) is 0.500. The lowest BCUT2D eigenvalue weighted by Gasteiger charge is -2.14. The summed E-state index contributed by atoms with van der Waals surface area (Å²) in [4.78, 5) is 28.1. The molecular weight excluding hydrogens is 324 g/mol. The van der Waals surface area contributed by atoms with Crippen molar-refractivity contribution in [2.24, 2.45) is 5.73 Å². The number of primary amides is 1. The molecule has 1 atom stereocenters. The van der Waals surface area contributed by atoms with Gasteiger partial charge in [-0.15, -0.1) is 11.3 Å². The van der Waals surface area contributed by atoms with E-state index in [0.717, 1.165) is 47.7 Å². The molecule has 24 heavy (non-hydrogen) atoms. The number of thiazole rings is 1. The molecule has 0 bridgehead atoms. The normalized spacial score (nSPS) is 18.0. The van der Waals surface area contributed by atoms with E-state index >= 15 is 0 Å². The lowest BCUT2D eigenvalue weighted by molar-refractivity contribution is -0.118. The highest BCUT2D eigenvalue weighted by molar-refractivity contribution is 7.15. The Balaban J connectivity index is 1.75. The predicted molar refractivity (Wildman–Crippen MR) is 94.6 cm³/mol. The summed E-state index contributed by atoms with van der Waals surface area (Å²) >= 11 is 1.62. The standard InChI is InChI=1S/C16H22N6OS/c1-9-6-14(21-16-19-10(2)11(3)24-16)20-15(18-9)12-4-5-22(7-12)8-13(17)23/h6,12H,4-5,7-8H2,1-3H3,(H2,17,23)(H,18,19,20,21). The van der Waals surface area contributed by atoms with Crippen LogP contribution in [-0.2, 0) is 4.79 Å². The van der Waals surface area contributed by atoms with Crippen LogP contribution in [0.4, 0.5) is 10.9 Å². The smallest absolute Gasteiger partial charge is 0.231 e. The molecule has 2 aromatic heterocycles. The molecule has 1 amide bonds. The second kappa shape index (κ2) is 6.82. The second-order valence-corrected chi connectivity index (χ2v) is 7.43. The van der Waals surface area contributed by atoms with Crippen LogP contribution in [0.15, 0.2) is 6.07 Å². The number of aryl methyl sites for hydroxylation is 3. The Kier molecular flexibility index (Phi) is 4.77. The number of carbonyl (C=O) groups is 1. The van der Waals surface area contributed by atoms with Gasteiger partial charge in [0.1, 0.15) is 11.6 Å². The number of hydrogen-bond acceptors (Lipinski definition) is 7. The summed E-state index contributed by atoms with van der Waals surface area (Å²) in [7, 11) is 0. The third-order valence-electron chi connectivity index (χ3n) is 4.15. The van der Waals surface area contributed by atoms with Gasteiger partial charge in [0.2, 0.25) is 5.91 Å².